The maximum absolute atomic E-state index is 11.7. The Morgan fingerprint density at radius 2 is 2.13 bits per heavy atom. The number of hydrogen-bond donors (Lipinski definition) is 1. The Morgan fingerprint density at radius 1 is 1.35 bits per heavy atom. The summed E-state index contributed by atoms with van der Waals surface area (Å²) in [5, 5.41) is 2.75. The Hall–Kier alpha value is -2.89. The average Bonchev–Trinajstić information content (AvgIpc) is 2.85. The second-order valence-corrected chi connectivity index (χ2v) is 5.02. The zero-order chi connectivity index (χ0) is 16.8. The summed E-state index contributed by atoms with van der Waals surface area (Å²) in [6.45, 7) is 4.37. The van der Waals surface area contributed by atoms with E-state index in [-0.39, 0.29) is 5.91 Å². The van der Waals surface area contributed by atoms with Crippen LogP contribution in [0.15, 0.2) is 42.7 Å². The first-order valence-corrected chi connectivity index (χ1v) is 7.15. The first kappa shape index (κ1) is 16.5. The summed E-state index contributed by atoms with van der Waals surface area (Å²) in [6, 6.07) is 5.88. The van der Waals surface area contributed by atoms with Crippen molar-refractivity contribution in [2.45, 2.75) is 20.4 Å². The molecule has 2 aromatic rings. The Balaban J connectivity index is 2.09. The SMILES string of the molecule is COC(=O)/C=C/C(=O)NCc1cc(C)n(-c2cccnc2)c1C. The number of carbonyl (C=O) groups excluding carboxylic acids is 2. The van der Waals surface area contributed by atoms with Crippen LogP contribution in [0.3, 0.4) is 0 Å². The van der Waals surface area contributed by atoms with Crippen LogP contribution in [0, 0.1) is 13.8 Å². The van der Waals surface area contributed by atoms with Gasteiger partial charge in [-0.2, -0.15) is 0 Å². The van der Waals surface area contributed by atoms with Gasteiger partial charge in [-0.1, -0.05) is 0 Å². The molecule has 6 heteroatoms. The third kappa shape index (κ3) is 4.06. The molecule has 1 amide bonds. The maximum Gasteiger partial charge on any atom is 0.330 e. The van der Waals surface area contributed by atoms with E-state index < -0.39 is 5.97 Å². The van der Waals surface area contributed by atoms with Crippen molar-refractivity contribution in [2.24, 2.45) is 0 Å². The number of pyridine rings is 1. The highest BCUT2D eigenvalue weighted by Crippen LogP contribution is 2.19. The van der Waals surface area contributed by atoms with E-state index in [2.05, 4.69) is 19.6 Å². The van der Waals surface area contributed by atoms with E-state index in [4.69, 9.17) is 0 Å². The smallest absolute Gasteiger partial charge is 0.330 e. The number of methoxy groups -OCH3 is 1. The molecule has 0 aliphatic carbocycles. The minimum absolute atomic E-state index is 0.346. The van der Waals surface area contributed by atoms with Crippen LogP contribution in [0.5, 0.6) is 0 Å². The number of ether oxygens (including phenoxy) is 1. The van der Waals surface area contributed by atoms with Gasteiger partial charge in [0.15, 0.2) is 0 Å². The van der Waals surface area contributed by atoms with Gasteiger partial charge >= 0.3 is 5.97 Å². The number of carbonyl (C=O) groups is 2. The lowest BCUT2D eigenvalue weighted by molar-refractivity contribution is -0.135. The molecule has 0 atom stereocenters. The zero-order valence-electron chi connectivity index (χ0n) is 13.4. The third-order valence-electron chi connectivity index (χ3n) is 3.47. The molecule has 0 saturated heterocycles. The molecular weight excluding hydrogens is 294 g/mol. The minimum atomic E-state index is -0.560. The van der Waals surface area contributed by atoms with Gasteiger partial charge in [0.1, 0.15) is 0 Å². The highest BCUT2D eigenvalue weighted by Gasteiger charge is 2.11. The first-order valence-electron chi connectivity index (χ1n) is 7.15. The van der Waals surface area contributed by atoms with E-state index >= 15 is 0 Å². The lowest BCUT2D eigenvalue weighted by Gasteiger charge is -2.09. The second kappa shape index (κ2) is 7.40. The Kier molecular flexibility index (Phi) is 5.30. The summed E-state index contributed by atoms with van der Waals surface area (Å²) in [4.78, 5) is 26.8. The van der Waals surface area contributed by atoms with E-state index in [9.17, 15) is 9.59 Å². The summed E-state index contributed by atoms with van der Waals surface area (Å²) >= 11 is 0. The molecule has 0 unspecified atom stereocenters. The largest absolute Gasteiger partial charge is 0.466 e. The molecule has 0 aliphatic rings. The van der Waals surface area contributed by atoms with Gasteiger partial charge in [-0.25, -0.2) is 4.79 Å². The highest BCUT2D eigenvalue weighted by molar-refractivity contribution is 5.94. The van der Waals surface area contributed by atoms with Crippen molar-refractivity contribution in [3.05, 3.63) is 59.7 Å². The molecule has 6 nitrogen and oxygen atoms in total. The average molecular weight is 313 g/mol. The van der Waals surface area contributed by atoms with E-state index in [1.54, 1.807) is 12.4 Å². The van der Waals surface area contributed by atoms with Crippen molar-refractivity contribution < 1.29 is 14.3 Å². The molecule has 23 heavy (non-hydrogen) atoms. The summed E-state index contributed by atoms with van der Waals surface area (Å²) in [7, 11) is 1.26. The van der Waals surface area contributed by atoms with Crippen LogP contribution in [0.4, 0.5) is 0 Å². The lowest BCUT2D eigenvalue weighted by Crippen LogP contribution is -2.21. The molecule has 0 saturated carbocycles. The predicted octanol–water partition coefficient (Wildman–Crippen LogP) is 1.83. The van der Waals surface area contributed by atoms with Gasteiger partial charge in [0.05, 0.1) is 19.0 Å². The predicted molar refractivity (Wildman–Crippen MR) is 86.0 cm³/mol. The van der Waals surface area contributed by atoms with Gasteiger partial charge in [-0.3, -0.25) is 9.78 Å². The van der Waals surface area contributed by atoms with Crippen molar-refractivity contribution in [3.63, 3.8) is 0 Å². The fourth-order valence-corrected chi connectivity index (χ4v) is 2.34. The summed E-state index contributed by atoms with van der Waals surface area (Å²) < 4.78 is 6.52. The molecule has 1 N–H and O–H groups in total. The number of esters is 1. The maximum atomic E-state index is 11.7. The van der Waals surface area contributed by atoms with E-state index in [1.807, 2.05) is 32.0 Å². The summed E-state index contributed by atoms with van der Waals surface area (Å²) in [5.74, 6) is -0.906. The number of amides is 1. The molecule has 0 bridgehead atoms. The fourth-order valence-electron chi connectivity index (χ4n) is 2.34. The molecule has 0 aromatic carbocycles. The van der Waals surface area contributed by atoms with Gasteiger partial charge < -0.3 is 14.6 Å². The second-order valence-electron chi connectivity index (χ2n) is 5.02. The molecule has 2 aromatic heterocycles. The normalized spacial score (nSPS) is 10.7. The topological polar surface area (TPSA) is 73.2 Å². The third-order valence-corrected chi connectivity index (χ3v) is 3.47. The van der Waals surface area contributed by atoms with E-state index in [1.165, 1.54) is 7.11 Å². The first-order chi connectivity index (χ1) is 11.0. The zero-order valence-corrected chi connectivity index (χ0v) is 13.4. The van der Waals surface area contributed by atoms with Crippen LogP contribution in [-0.4, -0.2) is 28.5 Å². The van der Waals surface area contributed by atoms with Crippen LogP contribution in [-0.2, 0) is 20.9 Å². The number of aromatic nitrogens is 2. The van der Waals surface area contributed by atoms with Crippen LogP contribution >= 0.6 is 0 Å². The highest BCUT2D eigenvalue weighted by atomic mass is 16.5. The van der Waals surface area contributed by atoms with Crippen LogP contribution < -0.4 is 5.32 Å². The van der Waals surface area contributed by atoms with Crippen molar-refractivity contribution in [3.8, 4) is 5.69 Å². The molecule has 2 rings (SSSR count). The fraction of sp³-hybridized carbons (Fsp3) is 0.235. The van der Waals surface area contributed by atoms with Gasteiger partial charge in [-0.05, 0) is 37.6 Å². The number of aryl methyl sites for hydroxylation is 1. The van der Waals surface area contributed by atoms with Crippen molar-refractivity contribution in [2.75, 3.05) is 7.11 Å². The van der Waals surface area contributed by atoms with Gasteiger partial charge in [-0.15, -0.1) is 0 Å². The standard InChI is InChI=1S/C17H19N3O3/c1-12-9-14(10-19-16(21)6-7-17(22)23-3)13(2)20(12)15-5-4-8-18-11-15/h4-9,11H,10H2,1-3H3,(H,19,21)/b7-6+. The number of nitrogens with zero attached hydrogens (tertiary/aromatic N) is 2. The van der Waals surface area contributed by atoms with Crippen molar-refractivity contribution in [1.29, 1.82) is 0 Å². The number of hydrogen-bond acceptors (Lipinski definition) is 4. The Morgan fingerprint density at radius 3 is 2.78 bits per heavy atom. The Labute approximate surface area is 134 Å². The van der Waals surface area contributed by atoms with E-state index in [0.29, 0.717) is 6.54 Å². The lowest BCUT2D eigenvalue weighted by atomic mass is 10.2. The van der Waals surface area contributed by atoms with Crippen LogP contribution in [0.25, 0.3) is 5.69 Å². The molecule has 0 fully saturated rings. The van der Waals surface area contributed by atoms with E-state index in [0.717, 1.165) is 34.8 Å². The van der Waals surface area contributed by atoms with Gasteiger partial charge in [0.2, 0.25) is 5.91 Å². The minimum Gasteiger partial charge on any atom is -0.466 e. The molecule has 2 heterocycles. The molecule has 120 valence electrons. The monoisotopic (exact) mass is 313 g/mol. The van der Waals surface area contributed by atoms with Gasteiger partial charge in [0, 0.05) is 36.3 Å². The Bertz CT molecular complexity index is 733. The quantitative estimate of drug-likeness (QED) is 0.675. The molecule has 0 radical (unpaired) electrons. The van der Waals surface area contributed by atoms with Gasteiger partial charge in [0.25, 0.3) is 0 Å². The van der Waals surface area contributed by atoms with Crippen LogP contribution in [0.2, 0.25) is 0 Å². The number of nitrogens with one attached hydrogen (secondary N) is 1. The number of rotatable bonds is 5. The summed E-state index contributed by atoms with van der Waals surface area (Å²) in [6.07, 6.45) is 5.77. The molecular formula is C17H19N3O3. The van der Waals surface area contributed by atoms with Crippen molar-refractivity contribution in [1.82, 2.24) is 14.9 Å². The summed E-state index contributed by atoms with van der Waals surface area (Å²) in [5.41, 5.74) is 4.08. The molecule has 0 aliphatic heterocycles. The van der Waals surface area contributed by atoms with Crippen molar-refractivity contribution >= 4 is 11.9 Å². The molecule has 0 spiro atoms. The van der Waals surface area contributed by atoms with Crippen LogP contribution in [0.1, 0.15) is 17.0 Å².